The number of hydrogen-bond acceptors (Lipinski definition) is 11. The van der Waals surface area contributed by atoms with Crippen LogP contribution in [0.3, 0.4) is 0 Å². The van der Waals surface area contributed by atoms with Crippen molar-refractivity contribution in [2.75, 3.05) is 25.6 Å². The summed E-state index contributed by atoms with van der Waals surface area (Å²) in [5.41, 5.74) is 1.78. The second-order valence-corrected chi connectivity index (χ2v) is 8.32. The van der Waals surface area contributed by atoms with Crippen LogP contribution in [0.15, 0.2) is 64.2 Å². The number of ether oxygens (including phenoxy) is 3. The molecule has 0 amide bonds. The average Bonchev–Trinajstić information content (AvgIpc) is 3.57. The van der Waals surface area contributed by atoms with Gasteiger partial charge in [-0.05, 0) is 48.0 Å². The number of rotatable bonds is 7. The van der Waals surface area contributed by atoms with E-state index in [9.17, 15) is 4.79 Å². The molecule has 13 heteroatoms. The van der Waals surface area contributed by atoms with Crippen LogP contribution in [-0.2, 0) is 0 Å². The van der Waals surface area contributed by atoms with Crippen molar-refractivity contribution in [3.63, 3.8) is 0 Å². The van der Waals surface area contributed by atoms with E-state index < -0.39 is 11.7 Å². The summed E-state index contributed by atoms with van der Waals surface area (Å²) in [5.74, 6) is 3.02. The Morgan fingerprint density at radius 2 is 1.89 bits per heavy atom. The maximum absolute atomic E-state index is 12.8. The minimum absolute atomic E-state index is 0.151. The lowest BCUT2D eigenvalue weighted by atomic mass is 10.0. The molecule has 1 atom stereocenters. The van der Waals surface area contributed by atoms with Gasteiger partial charge in [-0.1, -0.05) is 5.16 Å². The summed E-state index contributed by atoms with van der Waals surface area (Å²) in [7, 11) is 1.56. The Kier molecular flexibility index (Phi) is 5.92. The van der Waals surface area contributed by atoms with E-state index in [-0.39, 0.29) is 5.95 Å². The molecule has 2 N–H and O–H groups in total. The van der Waals surface area contributed by atoms with E-state index in [0.29, 0.717) is 48.0 Å². The van der Waals surface area contributed by atoms with Crippen molar-refractivity contribution < 1.29 is 18.7 Å². The van der Waals surface area contributed by atoms with Gasteiger partial charge < -0.3 is 24.1 Å². The molecule has 2 aromatic carbocycles. The number of hydrogen-bond donors (Lipinski definition) is 2. The first-order valence-corrected chi connectivity index (χ1v) is 11.7. The molecule has 38 heavy (non-hydrogen) atoms. The molecular weight excluding hydrogens is 492 g/mol. The van der Waals surface area contributed by atoms with Crippen molar-refractivity contribution in [2.45, 2.75) is 13.0 Å². The molecule has 4 heterocycles. The molecule has 192 valence electrons. The Morgan fingerprint density at radius 3 is 2.63 bits per heavy atom. The van der Waals surface area contributed by atoms with Crippen molar-refractivity contribution in [2.24, 2.45) is 0 Å². The van der Waals surface area contributed by atoms with Crippen LogP contribution in [0.4, 0.5) is 5.69 Å². The fourth-order valence-corrected chi connectivity index (χ4v) is 4.08. The fraction of sp³-hybridized carbons (Fsp3) is 0.200. The number of nitrogens with zero attached hydrogens (tertiary/aromatic N) is 6. The van der Waals surface area contributed by atoms with E-state index in [4.69, 9.17) is 18.7 Å². The Hall–Kier alpha value is -5.20. The molecule has 0 saturated carbocycles. The van der Waals surface area contributed by atoms with Gasteiger partial charge in [0.2, 0.25) is 17.5 Å². The first-order chi connectivity index (χ1) is 18.6. The van der Waals surface area contributed by atoms with Gasteiger partial charge >= 0.3 is 5.69 Å². The normalized spacial score (nSPS) is 13.2. The molecule has 0 saturated heterocycles. The van der Waals surface area contributed by atoms with Gasteiger partial charge in [0, 0.05) is 30.6 Å². The van der Waals surface area contributed by atoms with Crippen LogP contribution < -0.4 is 25.2 Å². The number of aromatic amines is 1. The highest BCUT2D eigenvalue weighted by molar-refractivity contribution is 5.61. The first-order valence-electron chi connectivity index (χ1n) is 11.7. The zero-order valence-electron chi connectivity index (χ0n) is 20.4. The highest BCUT2D eigenvalue weighted by Crippen LogP contribution is 2.42. The van der Waals surface area contributed by atoms with Gasteiger partial charge in [0.15, 0.2) is 17.3 Å². The lowest BCUT2D eigenvalue weighted by molar-refractivity contribution is 0.165. The Labute approximate surface area is 215 Å². The van der Waals surface area contributed by atoms with Crippen LogP contribution in [0.5, 0.6) is 17.2 Å². The standard InChI is InChI=1S/C25H22N8O5/c1-14-28-22(32-38-14)15-4-6-17(7-5-15)29-20(16-12-18(35-2)21-19(13-16)36-10-11-37-21)23-30-25(34)33(31-23)24-26-8-3-9-27-24/h3-9,12-13,20,29H,10-11H2,1-2H3,(H,30,31,34). The predicted molar refractivity (Wildman–Crippen MR) is 134 cm³/mol. The average molecular weight is 515 g/mol. The second-order valence-electron chi connectivity index (χ2n) is 8.32. The molecule has 1 aliphatic heterocycles. The van der Waals surface area contributed by atoms with E-state index in [2.05, 4.69) is 35.5 Å². The Morgan fingerprint density at radius 1 is 1.11 bits per heavy atom. The zero-order valence-corrected chi connectivity index (χ0v) is 20.4. The van der Waals surface area contributed by atoms with Crippen LogP contribution in [0.2, 0.25) is 0 Å². The number of aryl methyl sites for hydroxylation is 1. The molecular formula is C25H22N8O5. The summed E-state index contributed by atoms with van der Waals surface area (Å²) < 4.78 is 23.4. The predicted octanol–water partition coefficient (Wildman–Crippen LogP) is 2.69. The Bertz CT molecular complexity index is 1610. The largest absolute Gasteiger partial charge is 0.493 e. The molecule has 0 bridgehead atoms. The van der Waals surface area contributed by atoms with E-state index >= 15 is 0 Å². The van der Waals surface area contributed by atoms with Gasteiger partial charge in [-0.2, -0.15) is 4.98 Å². The van der Waals surface area contributed by atoms with Gasteiger partial charge in [-0.25, -0.2) is 14.8 Å². The molecule has 0 radical (unpaired) electrons. The molecule has 3 aromatic heterocycles. The smallest absolute Gasteiger partial charge is 0.350 e. The van der Waals surface area contributed by atoms with Crippen LogP contribution in [-0.4, -0.2) is 55.2 Å². The number of anilines is 1. The summed E-state index contributed by atoms with van der Waals surface area (Å²) in [5, 5.41) is 11.9. The van der Waals surface area contributed by atoms with E-state index in [1.807, 2.05) is 36.4 Å². The number of fused-ring (bicyclic) bond motifs is 1. The van der Waals surface area contributed by atoms with Crippen molar-refractivity contribution >= 4 is 5.69 Å². The van der Waals surface area contributed by atoms with Gasteiger partial charge in [0.1, 0.15) is 19.3 Å². The minimum Gasteiger partial charge on any atom is -0.493 e. The van der Waals surface area contributed by atoms with E-state index in [1.165, 1.54) is 12.4 Å². The molecule has 5 aromatic rings. The van der Waals surface area contributed by atoms with Crippen LogP contribution in [0.25, 0.3) is 17.3 Å². The molecule has 13 nitrogen and oxygen atoms in total. The second kappa shape index (κ2) is 9.69. The maximum atomic E-state index is 12.8. The number of H-pyrrole nitrogens is 1. The van der Waals surface area contributed by atoms with Gasteiger partial charge in [0.25, 0.3) is 5.95 Å². The first kappa shape index (κ1) is 23.2. The van der Waals surface area contributed by atoms with Crippen LogP contribution in [0, 0.1) is 6.92 Å². The molecule has 1 aliphatic rings. The Balaban J connectivity index is 1.41. The topological polar surface area (TPSA) is 155 Å². The third-order valence-corrected chi connectivity index (χ3v) is 5.82. The fourth-order valence-electron chi connectivity index (χ4n) is 4.08. The van der Waals surface area contributed by atoms with E-state index in [0.717, 1.165) is 21.5 Å². The third-order valence-electron chi connectivity index (χ3n) is 5.82. The molecule has 6 rings (SSSR count). The molecule has 1 unspecified atom stereocenters. The summed E-state index contributed by atoms with van der Waals surface area (Å²) in [6.45, 7) is 2.57. The van der Waals surface area contributed by atoms with Crippen molar-refractivity contribution in [3.8, 4) is 34.6 Å². The highest BCUT2D eigenvalue weighted by Gasteiger charge is 2.26. The third kappa shape index (κ3) is 4.40. The minimum atomic E-state index is -0.615. The van der Waals surface area contributed by atoms with Gasteiger partial charge in [-0.15, -0.1) is 9.78 Å². The van der Waals surface area contributed by atoms with E-state index in [1.54, 1.807) is 20.1 Å². The lowest BCUT2D eigenvalue weighted by Gasteiger charge is -2.24. The van der Waals surface area contributed by atoms with Crippen molar-refractivity contribution in [1.29, 1.82) is 0 Å². The van der Waals surface area contributed by atoms with Crippen molar-refractivity contribution in [1.82, 2.24) is 34.9 Å². The zero-order chi connectivity index (χ0) is 26.1. The molecule has 0 spiro atoms. The summed E-state index contributed by atoms with van der Waals surface area (Å²) in [6.07, 6.45) is 3.08. The van der Waals surface area contributed by atoms with Gasteiger partial charge in [0.05, 0.1) is 7.11 Å². The monoisotopic (exact) mass is 514 g/mol. The quantitative estimate of drug-likeness (QED) is 0.329. The summed E-state index contributed by atoms with van der Waals surface area (Å²) in [6, 6.07) is 12.2. The van der Waals surface area contributed by atoms with Gasteiger partial charge in [-0.3, -0.25) is 4.98 Å². The summed E-state index contributed by atoms with van der Waals surface area (Å²) in [4.78, 5) is 28.2. The SMILES string of the molecule is COc1cc(C(Nc2ccc(-c3noc(C)n3)cc2)c2nn(-c3ncccn3)c(=O)[nH]2)cc2c1OCCO2. The van der Waals surface area contributed by atoms with Crippen molar-refractivity contribution in [3.05, 3.63) is 82.6 Å². The lowest BCUT2D eigenvalue weighted by Crippen LogP contribution is -2.19. The summed E-state index contributed by atoms with van der Waals surface area (Å²) >= 11 is 0. The number of aromatic nitrogens is 7. The number of nitrogens with one attached hydrogen (secondary N) is 2. The molecule has 0 aliphatic carbocycles. The number of methoxy groups -OCH3 is 1. The van der Waals surface area contributed by atoms with Crippen LogP contribution >= 0.6 is 0 Å². The number of benzene rings is 2. The molecule has 0 fully saturated rings. The highest BCUT2D eigenvalue weighted by atomic mass is 16.6. The maximum Gasteiger partial charge on any atom is 0.350 e. The van der Waals surface area contributed by atoms with Crippen LogP contribution in [0.1, 0.15) is 23.3 Å².